The van der Waals surface area contributed by atoms with Crippen molar-refractivity contribution in [1.29, 1.82) is 0 Å². The maximum absolute atomic E-state index is 5.96. The lowest BCUT2D eigenvalue weighted by Crippen LogP contribution is -2.52. The second-order valence-electron chi connectivity index (χ2n) is 3.69. The van der Waals surface area contributed by atoms with Crippen LogP contribution in [0.15, 0.2) is 0 Å². The molecule has 76 valence electrons. The van der Waals surface area contributed by atoms with Crippen LogP contribution in [0.4, 0.5) is 0 Å². The molecule has 0 aromatic heterocycles. The van der Waals surface area contributed by atoms with E-state index in [1.54, 1.807) is 0 Å². The maximum atomic E-state index is 5.96. The Morgan fingerprint density at radius 3 is 2.46 bits per heavy atom. The lowest BCUT2D eigenvalue weighted by atomic mass is 10.4. The normalized spacial score (nSPS) is 40.8. The molecule has 3 heterocycles. The number of halogens is 1. The third-order valence-electron chi connectivity index (χ3n) is 2.78. The summed E-state index contributed by atoms with van der Waals surface area (Å²) >= 11 is 2.43. The number of hydrogen-bond donors (Lipinski definition) is 0. The van der Waals surface area contributed by atoms with Crippen molar-refractivity contribution in [3.05, 3.63) is 0 Å². The van der Waals surface area contributed by atoms with Crippen LogP contribution >= 0.6 is 22.6 Å². The van der Waals surface area contributed by atoms with E-state index < -0.39 is 8.56 Å². The average Bonchev–Trinajstić information content (AvgIpc) is 2.01. The van der Waals surface area contributed by atoms with Gasteiger partial charge in [-0.25, -0.2) is 0 Å². The second kappa shape index (κ2) is 4.56. The molecule has 0 radical (unpaired) electrons. The summed E-state index contributed by atoms with van der Waals surface area (Å²) in [5, 5.41) is 0. The Morgan fingerprint density at radius 1 is 1.15 bits per heavy atom. The molecule has 0 aromatic carbocycles. The van der Waals surface area contributed by atoms with Gasteiger partial charge in [-0.15, -0.1) is 0 Å². The van der Waals surface area contributed by atoms with Crippen LogP contribution in [0.5, 0.6) is 0 Å². The van der Waals surface area contributed by atoms with Gasteiger partial charge in [0, 0.05) is 30.4 Å². The molecular formula is C8H16INO2Si. The molecule has 13 heavy (non-hydrogen) atoms. The van der Waals surface area contributed by atoms with Crippen LogP contribution in [0.3, 0.4) is 0 Å². The highest BCUT2D eigenvalue weighted by molar-refractivity contribution is 14.1. The first-order chi connectivity index (χ1) is 6.35. The van der Waals surface area contributed by atoms with Gasteiger partial charge in [-0.3, -0.25) is 4.90 Å². The summed E-state index contributed by atoms with van der Waals surface area (Å²) in [7, 11) is -1.74. The molecule has 0 spiro atoms. The molecule has 5 heteroatoms. The summed E-state index contributed by atoms with van der Waals surface area (Å²) in [6.45, 7) is 5.23. The van der Waals surface area contributed by atoms with E-state index in [1.165, 1.54) is 19.0 Å². The number of rotatable bonds is 1. The van der Waals surface area contributed by atoms with Gasteiger partial charge in [-0.2, -0.15) is 0 Å². The Hall–Kier alpha value is 0.827. The fourth-order valence-corrected chi connectivity index (χ4v) is 6.71. The number of alkyl halides is 1. The lowest BCUT2D eigenvalue weighted by Gasteiger charge is -2.38. The van der Waals surface area contributed by atoms with E-state index in [0.29, 0.717) is 0 Å². The Kier molecular flexibility index (Phi) is 3.63. The van der Waals surface area contributed by atoms with Gasteiger partial charge in [0.2, 0.25) is 0 Å². The van der Waals surface area contributed by atoms with E-state index in [9.17, 15) is 0 Å². The van der Waals surface area contributed by atoms with Crippen molar-refractivity contribution in [2.75, 3.05) is 36.9 Å². The fourth-order valence-electron chi connectivity index (χ4n) is 1.96. The molecule has 3 aliphatic rings. The number of fused-ring (bicyclic) bond motifs is 6. The lowest BCUT2D eigenvalue weighted by molar-refractivity contribution is 0.0826. The summed E-state index contributed by atoms with van der Waals surface area (Å²) in [6, 6.07) is 1.19. The summed E-state index contributed by atoms with van der Waals surface area (Å²) in [5.41, 5.74) is 0. The van der Waals surface area contributed by atoms with Crippen molar-refractivity contribution in [1.82, 2.24) is 4.90 Å². The standard InChI is InChI=1S/C8H16INO2Si/c9-8-13-7-1-2-10(3-5-11-13)4-6-12-13/h1-8H2. The summed E-state index contributed by atoms with van der Waals surface area (Å²) in [5.74, 6) is 0. The van der Waals surface area contributed by atoms with E-state index in [2.05, 4.69) is 27.5 Å². The molecule has 3 rings (SSSR count). The van der Waals surface area contributed by atoms with Crippen LogP contribution in [0.1, 0.15) is 6.42 Å². The van der Waals surface area contributed by atoms with Crippen LogP contribution in [0.2, 0.25) is 6.04 Å². The average molecular weight is 313 g/mol. The molecule has 0 aliphatic carbocycles. The van der Waals surface area contributed by atoms with Crippen LogP contribution in [0, 0.1) is 0 Å². The van der Waals surface area contributed by atoms with Gasteiger partial charge in [-0.05, 0) is 19.0 Å². The predicted octanol–water partition coefficient (Wildman–Crippen LogP) is 1.16. The molecule has 0 amide bonds. The van der Waals surface area contributed by atoms with Crippen LogP contribution in [-0.2, 0) is 8.85 Å². The highest BCUT2D eigenvalue weighted by Gasteiger charge is 2.39. The molecule has 3 aliphatic heterocycles. The van der Waals surface area contributed by atoms with E-state index in [0.717, 1.165) is 30.4 Å². The molecule has 3 fully saturated rings. The van der Waals surface area contributed by atoms with Crippen LogP contribution in [0.25, 0.3) is 0 Å². The summed E-state index contributed by atoms with van der Waals surface area (Å²) in [4.78, 5) is 2.45. The fraction of sp³-hybridized carbons (Fsp3) is 1.00. The quantitative estimate of drug-likeness (QED) is 0.412. The van der Waals surface area contributed by atoms with Crippen molar-refractivity contribution >= 4 is 31.2 Å². The minimum absolute atomic E-state index is 0.884. The molecule has 0 N–H and O–H groups in total. The minimum Gasteiger partial charge on any atom is -0.392 e. The largest absolute Gasteiger partial charge is 0.392 e. The van der Waals surface area contributed by atoms with Crippen LogP contribution in [-0.4, -0.2) is 50.4 Å². The van der Waals surface area contributed by atoms with E-state index in [1.807, 2.05) is 0 Å². The predicted molar refractivity (Wildman–Crippen MR) is 62.4 cm³/mol. The highest BCUT2D eigenvalue weighted by atomic mass is 127. The van der Waals surface area contributed by atoms with Gasteiger partial charge < -0.3 is 8.85 Å². The van der Waals surface area contributed by atoms with Gasteiger partial charge in [0.15, 0.2) is 0 Å². The minimum atomic E-state index is -1.74. The van der Waals surface area contributed by atoms with Gasteiger partial charge in [0.1, 0.15) is 0 Å². The molecule has 3 nitrogen and oxygen atoms in total. The number of hydrogen-bond acceptors (Lipinski definition) is 3. The zero-order valence-electron chi connectivity index (χ0n) is 7.80. The summed E-state index contributed by atoms with van der Waals surface area (Å²) < 4.78 is 13.0. The first kappa shape index (κ1) is 10.3. The van der Waals surface area contributed by atoms with E-state index >= 15 is 0 Å². The van der Waals surface area contributed by atoms with Gasteiger partial charge in [-0.1, -0.05) is 22.6 Å². The number of nitrogens with zero attached hydrogens (tertiary/aromatic N) is 1. The van der Waals surface area contributed by atoms with E-state index in [-0.39, 0.29) is 0 Å². The Labute approximate surface area is 94.2 Å². The Morgan fingerprint density at radius 2 is 1.85 bits per heavy atom. The third-order valence-corrected chi connectivity index (χ3v) is 9.25. The molecule has 0 atom stereocenters. The molecule has 0 aromatic rings. The Bertz CT molecular complexity index is 155. The molecule has 0 saturated carbocycles. The SMILES string of the molecule is IC[Si]12CCCN(CCO1)CCO2. The van der Waals surface area contributed by atoms with Gasteiger partial charge in [0.25, 0.3) is 0 Å². The zero-order chi connectivity index (χ0) is 9.15. The Balaban J connectivity index is 2.07. The van der Waals surface area contributed by atoms with Crippen molar-refractivity contribution in [3.8, 4) is 0 Å². The second-order valence-corrected chi connectivity index (χ2v) is 9.14. The first-order valence-electron chi connectivity index (χ1n) is 4.91. The first-order valence-corrected chi connectivity index (χ1v) is 8.66. The van der Waals surface area contributed by atoms with Crippen molar-refractivity contribution in [2.45, 2.75) is 12.5 Å². The van der Waals surface area contributed by atoms with Gasteiger partial charge in [0.05, 0.1) is 0 Å². The maximum Gasteiger partial charge on any atom is 0.348 e. The summed E-state index contributed by atoms with van der Waals surface area (Å²) in [6.07, 6.45) is 1.26. The smallest absolute Gasteiger partial charge is 0.348 e. The molecule has 3 saturated heterocycles. The van der Waals surface area contributed by atoms with Crippen molar-refractivity contribution in [3.63, 3.8) is 0 Å². The van der Waals surface area contributed by atoms with Gasteiger partial charge >= 0.3 is 8.56 Å². The molecule has 0 unspecified atom stereocenters. The molecule has 2 bridgehead atoms. The van der Waals surface area contributed by atoms with Crippen LogP contribution < -0.4 is 0 Å². The topological polar surface area (TPSA) is 21.7 Å². The highest BCUT2D eigenvalue weighted by Crippen LogP contribution is 2.23. The third kappa shape index (κ3) is 2.44. The van der Waals surface area contributed by atoms with Crippen molar-refractivity contribution in [2.24, 2.45) is 0 Å². The molecular weight excluding hydrogens is 297 g/mol. The van der Waals surface area contributed by atoms with Crippen molar-refractivity contribution < 1.29 is 8.85 Å². The monoisotopic (exact) mass is 313 g/mol. The van der Waals surface area contributed by atoms with E-state index in [4.69, 9.17) is 8.85 Å². The zero-order valence-corrected chi connectivity index (χ0v) is 11.0.